The van der Waals surface area contributed by atoms with Crippen LogP contribution in [0.4, 0.5) is 4.39 Å². The molecule has 1 N–H and O–H groups in total. The molecule has 1 amide bonds. The van der Waals surface area contributed by atoms with Crippen molar-refractivity contribution in [3.8, 4) is 0 Å². The molecule has 1 fully saturated rings. The van der Waals surface area contributed by atoms with Gasteiger partial charge in [0, 0.05) is 13.1 Å². The van der Waals surface area contributed by atoms with E-state index in [1.54, 1.807) is 32.0 Å². The third kappa shape index (κ3) is 5.97. The average molecular weight is 477 g/mol. The quantitative estimate of drug-likeness (QED) is 0.615. The SMILES string of the molecule is Cc1ccc(S(=O)(=O)N2CCCCC2)cc1C(=O)O[C@H](C)C(=O)N[C@H](C)c1ccc(F)cc1. The van der Waals surface area contributed by atoms with Crippen molar-refractivity contribution in [3.05, 3.63) is 65.0 Å². The first-order valence-corrected chi connectivity index (χ1v) is 12.4. The molecule has 0 unspecified atom stereocenters. The molecule has 178 valence electrons. The number of halogens is 1. The smallest absolute Gasteiger partial charge is 0.339 e. The standard InChI is InChI=1S/C24H29FN2O5S/c1-16-7-12-21(33(30,31)27-13-5-4-6-14-27)15-22(16)24(29)32-18(3)23(28)26-17(2)19-8-10-20(25)11-9-19/h7-12,15,17-18H,4-6,13-14H2,1-3H3,(H,26,28)/t17-,18-/m1/s1. The van der Waals surface area contributed by atoms with Crippen molar-refractivity contribution in [2.24, 2.45) is 0 Å². The molecule has 2 aromatic carbocycles. The van der Waals surface area contributed by atoms with Gasteiger partial charge in [0.05, 0.1) is 16.5 Å². The van der Waals surface area contributed by atoms with Crippen molar-refractivity contribution in [1.82, 2.24) is 9.62 Å². The van der Waals surface area contributed by atoms with Gasteiger partial charge in [-0.15, -0.1) is 0 Å². The Balaban J connectivity index is 1.69. The number of carbonyl (C=O) groups is 2. The summed E-state index contributed by atoms with van der Waals surface area (Å²) < 4.78 is 45.8. The molecule has 3 rings (SSSR count). The summed E-state index contributed by atoms with van der Waals surface area (Å²) in [6.07, 6.45) is 1.51. The summed E-state index contributed by atoms with van der Waals surface area (Å²) in [5, 5.41) is 2.72. The number of piperidine rings is 1. The number of esters is 1. The largest absolute Gasteiger partial charge is 0.449 e. The van der Waals surface area contributed by atoms with Crippen LogP contribution in [0.3, 0.4) is 0 Å². The first-order chi connectivity index (χ1) is 15.6. The number of nitrogens with one attached hydrogen (secondary N) is 1. The monoisotopic (exact) mass is 476 g/mol. The van der Waals surface area contributed by atoms with Gasteiger partial charge in [0.2, 0.25) is 10.0 Å². The first-order valence-electron chi connectivity index (χ1n) is 11.0. The normalized spacial score (nSPS) is 16.6. The molecule has 2 aromatic rings. The number of ether oxygens (including phenoxy) is 1. The van der Waals surface area contributed by atoms with Gasteiger partial charge in [0.25, 0.3) is 5.91 Å². The number of rotatable bonds is 7. The first kappa shape index (κ1) is 24.9. The lowest BCUT2D eigenvalue weighted by Crippen LogP contribution is -2.37. The molecular formula is C24H29FN2O5S. The maximum Gasteiger partial charge on any atom is 0.339 e. The van der Waals surface area contributed by atoms with Crippen molar-refractivity contribution in [1.29, 1.82) is 0 Å². The van der Waals surface area contributed by atoms with Crippen LogP contribution in [-0.4, -0.2) is 43.8 Å². The van der Waals surface area contributed by atoms with E-state index >= 15 is 0 Å². The number of aryl methyl sites for hydroxylation is 1. The molecule has 2 atom stereocenters. The highest BCUT2D eigenvalue weighted by Gasteiger charge is 2.28. The number of benzene rings is 2. The maximum atomic E-state index is 13.1. The van der Waals surface area contributed by atoms with Crippen LogP contribution >= 0.6 is 0 Å². The second kappa shape index (κ2) is 10.4. The Hall–Kier alpha value is -2.78. The second-order valence-electron chi connectivity index (χ2n) is 8.27. The molecule has 0 aliphatic carbocycles. The fourth-order valence-corrected chi connectivity index (χ4v) is 5.22. The van der Waals surface area contributed by atoms with Gasteiger partial charge in [-0.2, -0.15) is 4.31 Å². The van der Waals surface area contributed by atoms with Crippen molar-refractivity contribution < 1.29 is 27.1 Å². The molecule has 7 nitrogen and oxygen atoms in total. The van der Waals surface area contributed by atoms with Crippen LogP contribution in [0.25, 0.3) is 0 Å². The average Bonchev–Trinajstić information content (AvgIpc) is 2.80. The van der Waals surface area contributed by atoms with E-state index in [-0.39, 0.29) is 16.3 Å². The minimum atomic E-state index is -3.71. The van der Waals surface area contributed by atoms with Crippen LogP contribution in [0.1, 0.15) is 60.6 Å². The molecule has 1 aliphatic heterocycles. The summed E-state index contributed by atoms with van der Waals surface area (Å²) >= 11 is 0. The van der Waals surface area contributed by atoms with Gasteiger partial charge >= 0.3 is 5.97 Å². The summed E-state index contributed by atoms with van der Waals surface area (Å²) in [6, 6.07) is 9.67. The van der Waals surface area contributed by atoms with E-state index < -0.39 is 34.0 Å². The summed E-state index contributed by atoms with van der Waals surface area (Å²) in [5.41, 5.74) is 1.35. The molecule has 0 spiro atoms. The van der Waals surface area contributed by atoms with E-state index in [2.05, 4.69) is 5.32 Å². The fourth-order valence-electron chi connectivity index (χ4n) is 3.68. The minimum absolute atomic E-state index is 0.0315. The van der Waals surface area contributed by atoms with Gasteiger partial charge in [0.15, 0.2) is 6.10 Å². The molecule has 0 aromatic heterocycles. The number of nitrogens with zero attached hydrogens (tertiary/aromatic N) is 1. The van der Waals surface area contributed by atoms with Crippen molar-refractivity contribution in [2.45, 2.75) is 57.1 Å². The van der Waals surface area contributed by atoms with Gasteiger partial charge in [-0.05, 0) is 69.0 Å². The Kier molecular flexibility index (Phi) is 7.86. The highest BCUT2D eigenvalue weighted by atomic mass is 32.2. The molecule has 1 aliphatic rings. The van der Waals surface area contributed by atoms with Crippen molar-refractivity contribution in [2.75, 3.05) is 13.1 Å². The lowest BCUT2D eigenvalue weighted by atomic mass is 10.1. The van der Waals surface area contributed by atoms with Crippen LogP contribution in [0.5, 0.6) is 0 Å². The molecule has 0 bridgehead atoms. The summed E-state index contributed by atoms with van der Waals surface area (Å²) in [4.78, 5) is 25.3. The van der Waals surface area contributed by atoms with Crippen LogP contribution < -0.4 is 5.32 Å². The van der Waals surface area contributed by atoms with Crippen LogP contribution in [-0.2, 0) is 19.6 Å². The second-order valence-corrected chi connectivity index (χ2v) is 10.2. The van der Waals surface area contributed by atoms with Gasteiger partial charge < -0.3 is 10.1 Å². The van der Waals surface area contributed by atoms with E-state index in [0.717, 1.165) is 19.3 Å². The Morgan fingerprint density at radius 1 is 1.03 bits per heavy atom. The maximum absolute atomic E-state index is 13.1. The lowest BCUT2D eigenvalue weighted by molar-refractivity contribution is -0.129. The summed E-state index contributed by atoms with van der Waals surface area (Å²) in [7, 11) is -3.71. The topological polar surface area (TPSA) is 92.8 Å². The molecule has 9 heteroatoms. The van der Waals surface area contributed by atoms with E-state index in [0.29, 0.717) is 24.2 Å². The van der Waals surface area contributed by atoms with E-state index in [1.165, 1.54) is 35.5 Å². The molecule has 0 radical (unpaired) electrons. The molecule has 0 saturated carbocycles. The number of carbonyl (C=O) groups excluding carboxylic acids is 2. The van der Waals surface area contributed by atoms with Gasteiger partial charge in [-0.1, -0.05) is 24.6 Å². The van der Waals surface area contributed by atoms with Gasteiger partial charge in [-0.25, -0.2) is 17.6 Å². The molecule has 1 saturated heterocycles. The van der Waals surface area contributed by atoms with Crippen LogP contribution in [0.15, 0.2) is 47.4 Å². The third-order valence-corrected chi connectivity index (χ3v) is 7.66. The van der Waals surface area contributed by atoms with Crippen LogP contribution in [0, 0.1) is 12.7 Å². The van der Waals surface area contributed by atoms with Gasteiger partial charge in [0.1, 0.15) is 5.82 Å². The Morgan fingerprint density at radius 2 is 1.67 bits per heavy atom. The summed E-state index contributed by atoms with van der Waals surface area (Å²) in [6.45, 7) is 5.77. The van der Waals surface area contributed by atoms with Crippen molar-refractivity contribution >= 4 is 21.9 Å². The number of sulfonamides is 1. The fraction of sp³-hybridized carbons (Fsp3) is 0.417. The zero-order valence-corrected chi connectivity index (χ0v) is 19.8. The Morgan fingerprint density at radius 3 is 2.30 bits per heavy atom. The lowest BCUT2D eigenvalue weighted by Gasteiger charge is -2.26. The van der Waals surface area contributed by atoms with Crippen LogP contribution in [0.2, 0.25) is 0 Å². The highest BCUT2D eigenvalue weighted by molar-refractivity contribution is 7.89. The number of hydrogen-bond donors (Lipinski definition) is 1. The molecular weight excluding hydrogens is 447 g/mol. The zero-order valence-electron chi connectivity index (χ0n) is 19.0. The molecule has 1 heterocycles. The van der Waals surface area contributed by atoms with E-state index in [9.17, 15) is 22.4 Å². The number of hydrogen-bond acceptors (Lipinski definition) is 5. The molecule has 33 heavy (non-hydrogen) atoms. The van der Waals surface area contributed by atoms with Crippen molar-refractivity contribution in [3.63, 3.8) is 0 Å². The summed E-state index contributed by atoms with van der Waals surface area (Å²) in [5.74, 6) is -1.67. The Bertz CT molecular complexity index is 1110. The highest BCUT2D eigenvalue weighted by Crippen LogP contribution is 2.23. The van der Waals surface area contributed by atoms with E-state index in [4.69, 9.17) is 4.74 Å². The third-order valence-electron chi connectivity index (χ3n) is 5.76. The minimum Gasteiger partial charge on any atom is -0.449 e. The predicted octanol–water partition coefficient (Wildman–Crippen LogP) is 3.73. The zero-order chi connectivity index (χ0) is 24.2. The van der Waals surface area contributed by atoms with E-state index in [1.807, 2.05) is 0 Å². The predicted molar refractivity (Wildman–Crippen MR) is 122 cm³/mol. The Labute approximate surface area is 194 Å². The van der Waals surface area contributed by atoms with Gasteiger partial charge in [-0.3, -0.25) is 4.79 Å². The number of amides is 1.